The van der Waals surface area contributed by atoms with Gasteiger partial charge in [0, 0.05) is 15.8 Å². The normalized spacial score (nSPS) is 15.7. The summed E-state index contributed by atoms with van der Waals surface area (Å²) in [4.78, 5) is 26.0. The molecule has 1 aromatic carbocycles. The van der Waals surface area contributed by atoms with Gasteiger partial charge in [0.25, 0.3) is 5.91 Å². The third-order valence-corrected chi connectivity index (χ3v) is 5.81. The Morgan fingerprint density at radius 3 is 2.61 bits per heavy atom. The maximum absolute atomic E-state index is 12.1. The fourth-order valence-electron chi connectivity index (χ4n) is 3.26. The molecule has 1 saturated carbocycles. The van der Waals surface area contributed by atoms with E-state index in [2.05, 4.69) is 11.4 Å². The van der Waals surface area contributed by atoms with Crippen LogP contribution in [-0.4, -0.2) is 24.0 Å². The molecule has 0 spiro atoms. The van der Waals surface area contributed by atoms with Gasteiger partial charge in [-0.25, -0.2) is 4.79 Å². The number of nitriles is 1. The highest BCUT2D eigenvalue weighted by atomic mass is 32.1. The van der Waals surface area contributed by atoms with Gasteiger partial charge in [0.1, 0.15) is 5.54 Å². The Bertz CT molecular complexity index is 890. The van der Waals surface area contributed by atoms with E-state index in [1.807, 2.05) is 42.5 Å². The zero-order valence-corrected chi connectivity index (χ0v) is 16.3. The van der Waals surface area contributed by atoms with E-state index in [1.54, 1.807) is 17.4 Å². The van der Waals surface area contributed by atoms with Gasteiger partial charge in [-0.05, 0) is 36.6 Å². The van der Waals surface area contributed by atoms with E-state index in [9.17, 15) is 14.9 Å². The standard InChI is InChI=1S/C22H22N2O3S/c23-16-22(13-5-2-6-14-22)24-20(25)15-27-21(26)12-10-18-9-11-19(28-18)17-7-3-1-4-8-17/h1,3-4,7-12H,2,5-6,13-15H2,(H,24,25)/b12-10+. The van der Waals surface area contributed by atoms with Gasteiger partial charge >= 0.3 is 5.97 Å². The molecule has 1 aliphatic rings. The van der Waals surface area contributed by atoms with Crippen LogP contribution in [0.15, 0.2) is 48.5 Å². The van der Waals surface area contributed by atoms with E-state index < -0.39 is 17.4 Å². The third kappa shape index (κ3) is 5.30. The van der Waals surface area contributed by atoms with Crippen molar-refractivity contribution in [3.8, 4) is 16.5 Å². The molecule has 1 amide bonds. The van der Waals surface area contributed by atoms with E-state index in [0.29, 0.717) is 12.8 Å². The molecule has 1 aromatic heterocycles. The molecule has 1 N–H and O–H groups in total. The zero-order valence-electron chi connectivity index (χ0n) is 15.5. The van der Waals surface area contributed by atoms with Crippen LogP contribution in [0.5, 0.6) is 0 Å². The van der Waals surface area contributed by atoms with Crippen LogP contribution in [0.1, 0.15) is 37.0 Å². The first kappa shape index (κ1) is 19.8. The summed E-state index contributed by atoms with van der Waals surface area (Å²) in [5.74, 6) is -1.02. The highest BCUT2D eigenvalue weighted by Gasteiger charge is 2.33. The molecule has 0 atom stereocenters. The van der Waals surface area contributed by atoms with E-state index >= 15 is 0 Å². The lowest BCUT2D eigenvalue weighted by atomic mass is 9.83. The van der Waals surface area contributed by atoms with Crippen molar-refractivity contribution >= 4 is 29.3 Å². The molecule has 0 radical (unpaired) electrons. The van der Waals surface area contributed by atoms with Crippen molar-refractivity contribution in [3.63, 3.8) is 0 Å². The quantitative estimate of drug-likeness (QED) is 0.585. The molecule has 5 nitrogen and oxygen atoms in total. The van der Waals surface area contributed by atoms with E-state index in [-0.39, 0.29) is 6.61 Å². The molecule has 6 heteroatoms. The van der Waals surface area contributed by atoms with Crippen LogP contribution in [0.25, 0.3) is 16.5 Å². The predicted octanol–water partition coefficient (Wildman–Crippen LogP) is 4.31. The molecule has 0 unspecified atom stereocenters. The summed E-state index contributed by atoms with van der Waals surface area (Å²) in [6.07, 6.45) is 7.19. The SMILES string of the molecule is N#CC1(NC(=O)COC(=O)/C=C/c2ccc(-c3ccccc3)s2)CCCCC1. The minimum Gasteiger partial charge on any atom is -0.452 e. The number of nitrogens with zero attached hydrogens (tertiary/aromatic N) is 1. The van der Waals surface area contributed by atoms with Crippen LogP contribution in [-0.2, 0) is 14.3 Å². The van der Waals surface area contributed by atoms with E-state index in [4.69, 9.17) is 4.74 Å². The number of carbonyl (C=O) groups excluding carboxylic acids is 2. The fourth-order valence-corrected chi connectivity index (χ4v) is 4.17. The molecule has 1 aliphatic carbocycles. The van der Waals surface area contributed by atoms with Crippen molar-refractivity contribution in [2.75, 3.05) is 6.61 Å². The Morgan fingerprint density at radius 1 is 1.14 bits per heavy atom. The lowest BCUT2D eigenvalue weighted by Gasteiger charge is -2.31. The summed E-state index contributed by atoms with van der Waals surface area (Å²) in [5, 5.41) is 12.1. The number of benzene rings is 1. The Hall–Kier alpha value is -2.91. The summed E-state index contributed by atoms with van der Waals surface area (Å²) in [6, 6.07) is 16.2. The van der Waals surface area contributed by atoms with Gasteiger partial charge in [0.15, 0.2) is 6.61 Å². The maximum atomic E-state index is 12.1. The molecule has 0 bridgehead atoms. The number of carbonyl (C=O) groups is 2. The number of amides is 1. The smallest absolute Gasteiger partial charge is 0.331 e. The molecule has 1 heterocycles. The van der Waals surface area contributed by atoms with Crippen molar-refractivity contribution < 1.29 is 14.3 Å². The Labute approximate surface area is 168 Å². The second kappa shape index (κ2) is 9.34. The Balaban J connectivity index is 1.48. The van der Waals surface area contributed by atoms with E-state index in [1.165, 1.54) is 6.08 Å². The van der Waals surface area contributed by atoms with Crippen LogP contribution in [0.4, 0.5) is 0 Å². The van der Waals surface area contributed by atoms with Gasteiger partial charge in [-0.1, -0.05) is 49.6 Å². The van der Waals surface area contributed by atoms with Crippen LogP contribution in [0.3, 0.4) is 0 Å². The first-order chi connectivity index (χ1) is 13.6. The van der Waals surface area contributed by atoms with Gasteiger partial charge in [-0.3, -0.25) is 4.79 Å². The van der Waals surface area contributed by atoms with Crippen molar-refractivity contribution in [2.45, 2.75) is 37.6 Å². The number of ether oxygens (including phenoxy) is 1. The third-order valence-electron chi connectivity index (χ3n) is 4.71. The minimum atomic E-state index is -0.817. The van der Waals surface area contributed by atoms with Crippen LogP contribution in [0, 0.1) is 11.3 Å². The minimum absolute atomic E-state index is 0.383. The number of thiophene rings is 1. The molecule has 0 saturated heterocycles. The molecule has 28 heavy (non-hydrogen) atoms. The van der Waals surface area contributed by atoms with Crippen LogP contribution < -0.4 is 5.32 Å². The summed E-state index contributed by atoms with van der Waals surface area (Å²) in [5.41, 5.74) is 0.308. The average Bonchev–Trinajstić information content (AvgIpc) is 3.21. The van der Waals surface area contributed by atoms with Gasteiger partial charge in [-0.2, -0.15) is 5.26 Å². The fraction of sp³-hybridized carbons (Fsp3) is 0.318. The molecule has 1 fully saturated rings. The Morgan fingerprint density at radius 2 is 1.89 bits per heavy atom. The van der Waals surface area contributed by atoms with Crippen molar-refractivity contribution in [2.24, 2.45) is 0 Å². The first-order valence-electron chi connectivity index (χ1n) is 9.33. The first-order valence-corrected chi connectivity index (χ1v) is 10.1. The molecular formula is C22H22N2O3S. The average molecular weight is 394 g/mol. The zero-order chi connectivity index (χ0) is 19.8. The van der Waals surface area contributed by atoms with Gasteiger partial charge in [0.2, 0.25) is 0 Å². The topological polar surface area (TPSA) is 79.2 Å². The number of hydrogen-bond donors (Lipinski definition) is 1. The molecular weight excluding hydrogens is 372 g/mol. The molecule has 0 aliphatic heterocycles. The number of hydrogen-bond acceptors (Lipinski definition) is 5. The predicted molar refractivity (Wildman–Crippen MR) is 109 cm³/mol. The number of nitrogens with one attached hydrogen (secondary N) is 1. The highest BCUT2D eigenvalue weighted by molar-refractivity contribution is 7.16. The molecule has 3 rings (SSSR count). The number of rotatable bonds is 6. The van der Waals surface area contributed by atoms with Crippen molar-refractivity contribution in [3.05, 3.63) is 53.4 Å². The van der Waals surface area contributed by atoms with Crippen LogP contribution in [0.2, 0.25) is 0 Å². The lowest BCUT2D eigenvalue weighted by molar-refractivity contribution is -0.144. The van der Waals surface area contributed by atoms with Crippen LogP contribution >= 0.6 is 11.3 Å². The summed E-state index contributed by atoms with van der Waals surface area (Å²) >= 11 is 1.57. The second-order valence-corrected chi connectivity index (χ2v) is 7.93. The monoisotopic (exact) mass is 394 g/mol. The van der Waals surface area contributed by atoms with Crippen molar-refractivity contribution in [1.29, 1.82) is 5.26 Å². The van der Waals surface area contributed by atoms with Gasteiger partial charge in [0.05, 0.1) is 6.07 Å². The Kier molecular flexibility index (Phi) is 6.62. The summed E-state index contributed by atoms with van der Waals surface area (Å²) in [7, 11) is 0. The molecule has 2 aromatic rings. The van der Waals surface area contributed by atoms with Gasteiger partial charge < -0.3 is 10.1 Å². The lowest BCUT2D eigenvalue weighted by Crippen LogP contribution is -2.49. The summed E-state index contributed by atoms with van der Waals surface area (Å²) in [6.45, 7) is -0.383. The summed E-state index contributed by atoms with van der Waals surface area (Å²) < 4.78 is 5.01. The second-order valence-electron chi connectivity index (χ2n) is 6.81. The largest absolute Gasteiger partial charge is 0.452 e. The maximum Gasteiger partial charge on any atom is 0.331 e. The highest BCUT2D eigenvalue weighted by Crippen LogP contribution is 2.29. The van der Waals surface area contributed by atoms with Gasteiger partial charge in [-0.15, -0.1) is 11.3 Å². The number of esters is 1. The van der Waals surface area contributed by atoms with Crippen molar-refractivity contribution in [1.82, 2.24) is 5.32 Å². The molecule has 144 valence electrons. The van der Waals surface area contributed by atoms with E-state index in [0.717, 1.165) is 34.6 Å².